The Hall–Kier alpha value is -2.23. The quantitative estimate of drug-likeness (QED) is 0.786. The van der Waals surface area contributed by atoms with Gasteiger partial charge in [0.2, 0.25) is 5.78 Å². The SMILES string of the molecule is O=C(O)C(=O)Cc1ccc2ncccc2c1. The Kier molecular flexibility index (Phi) is 2.64. The van der Waals surface area contributed by atoms with Crippen molar-refractivity contribution in [3.8, 4) is 0 Å². The van der Waals surface area contributed by atoms with Crippen LogP contribution < -0.4 is 0 Å². The number of carboxylic acid groups (broad SMARTS) is 1. The van der Waals surface area contributed by atoms with Crippen LogP contribution in [0.5, 0.6) is 0 Å². The number of hydrogen-bond donors (Lipinski definition) is 1. The molecule has 0 radical (unpaired) electrons. The highest BCUT2D eigenvalue weighted by molar-refractivity contribution is 6.33. The first-order chi connectivity index (χ1) is 7.66. The van der Waals surface area contributed by atoms with Crippen LogP contribution in [0.4, 0.5) is 0 Å². The molecule has 4 heteroatoms. The molecular formula is C12H9NO3. The lowest BCUT2D eigenvalue weighted by Crippen LogP contribution is -2.14. The van der Waals surface area contributed by atoms with Crippen LogP contribution in [0, 0.1) is 0 Å². The van der Waals surface area contributed by atoms with E-state index in [0.29, 0.717) is 5.56 Å². The maximum Gasteiger partial charge on any atom is 0.372 e. The number of pyridine rings is 1. The third-order valence-corrected chi connectivity index (χ3v) is 2.27. The van der Waals surface area contributed by atoms with Crippen molar-refractivity contribution in [1.82, 2.24) is 4.98 Å². The molecule has 16 heavy (non-hydrogen) atoms. The van der Waals surface area contributed by atoms with E-state index in [9.17, 15) is 9.59 Å². The molecule has 0 atom stereocenters. The fourth-order valence-corrected chi connectivity index (χ4v) is 1.50. The molecule has 1 aromatic carbocycles. The van der Waals surface area contributed by atoms with Crippen LogP contribution in [0.1, 0.15) is 5.56 Å². The van der Waals surface area contributed by atoms with Crippen LogP contribution in [0.15, 0.2) is 36.5 Å². The minimum absolute atomic E-state index is 0.0832. The second-order valence-electron chi connectivity index (χ2n) is 3.44. The van der Waals surface area contributed by atoms with Crippen molar-refractivity contribution in [2.24, 2.45) is 0 Å². The number of ketones is 1. The number of aliphatic carboxylic acids is 1. The van der Waals surface area contributed by atoms with Crippen molar-refractivity contribution in [3.63, 3.8) is 0 Å². The average molecular weight is 215 g/mol. The molecule has 0 spiro atoms. The second kappa shape index (κ2) is 4.10. The molecule has 0 aliphatic heterocycles. The Morgan fingerprint density at radius 1 is 1.25 bits per heavy atom. The maximum atomic E-state index is 11.0. The minimum atomic E-state index is -1.40. The van der Waals surface area contributed by atoms with Crippen LogP contribution in [0.25, 0.3) is 10.9 Å². The van der Waals surface area contributed by atoms with E-state index < -0.39 is 11.8 Å². The van der Waals surface area contributed by atoms with Crippen molar-refractivity contribution in [2.75, 3.05) is 0 Å². The predicted molar refractivity (Wildman–Crippen MR) is 58.1 cm³/mol. The summed E-state index contributed by atoms with van der Waals surface area (Å²) in [7, 11) is 0. The van der Waals surface area contributed by atoms with Gasteiger partial charge in [0.05, 0.1) is 5.52 Å². The zero-order valence-electron chi connectivity index (χ0n) is 8.38. The van der Waals surface area contributed by atoms with Crippen molar-refractivity contribution in [1.29, 1.82) is 0 Å². The number of hydrogen-bond acceptors (Lipinski definition) is 3. The number of rotatable bonds is 3. The Morgan fingerprint density at radius 2 is 2.06 bits per heavy atom. The van der Waals surface area contributed by atoms with E-state index in [1.165, 1.54) is 0 Å². The van der Waals surface area contributed by atoms with E-state index in [0.717, 1.165) is 10.9 Å². The molecule has 2 rings (SSSR count). The monoisotopic (exact) mass is 215 g/mol. The lowest BCUT2D eigenvalue weighted by atomic mass is 10.1. The number of carbonyl (C=O) groups is 2. The zero-order chi connectivity index (χ0) is 11.5. The third-order valence-electron chi connectivity index (χ3n) is 2.27. The van der Waals surface area contributed by atoms with Gasteiger partial charge in [-0.1, -0.05) is 12.1 Å². The summed E-state index contributed by atoms with van der Waals surface area (Å²) in [6.07, 6.45) is 1.60. The van der Waals surface area contributed by atoms with Gasteiger partial charge in [-0.2, -0.15) is 0 Å². The average Bonchev–Trinajstić information content (AvgIpc) is 2.28. The fourth-order valence-electron chi connectivity index (χ4n) is 1.50. The number of carbonyl (C=O) groups excluding carboxylic acids is 1. The van der Waals surface area contributed by atoms with Crippen molar-refractivity contribution in [3.05, 3.63) is 42.1 Å². The highest BCUT2D eigenvalue weighted by Gasteiger charge is 2.12. The van der Waals surface area contributed by atoms with Crippen LogP contribution in [0.2, 0.25) is 0 Å². The van der Waals surface area contributed by atoms with Gasteiger partial charge in [0, 0.05) is 18.0 Å². The molecule has 0 unspecified atom stereocenters. The molecule has 4 nitrogen and oxygen atoms in total. The van der Waals surface area contributed by atoms with Gasteiger partial charge >= 0.3 is 5.97 Å². The van der Waals surface area contributed by atoms with E-state index in [2.05, 4.69) is 4.98 Å². The number of aromatic nitrogens is 1. The number of benzene rings is 1. The number of nitrogens with zero attached hydrogens (tertiary/aromatic N) is 1. The molecule has 1 N–H and O–H groups in total. The summed E-state index contributed by atoms with van der Waals surface area (Å²) in [5.74, 6) is -2.20. The minimum Gasteiger partial charge on any atom is -0.475 e. The molecule has 1 aromatic heterocycles. The molecule has 0 bridgehead atoms. The second-order valence-corrected chi connectivity index (χ2v) is 3.44. The van der Waals surface area contributed by atoms with Gasteiger partial charge in [0.25, 0.3) is 0 Å². The van der Waals surface area contributed by atoms with Crippen LogP contribution in [-0.4, -0.2) is 21.8 Å². The Bertz CT molecular complexity index is 563. The third kappa shape index (κ3) is 2.06. The lowest BCUT2D eigenvalue weighted by molar-refractivity contribution is -0.148. The molecule has 0 saturated heterocycles. The molecule has 0 saturated carbocycles. The molecule has 2 aromatic rings. The number of carboxylic acids is 1. The van der Waals surface area contributed by atoms with Gasteiger partial charge in [-0.25, -0.2) is 4.79 Å². The van der Waals surface area contributed by atoms with Crippen LogP contribution in [0.3, 0.4) is 0 Å². The molecule has 1 heterocycles. The summed E-state index contributed by atoms with van der Waals surface area (Å²) in [6, 6.07) is 8.95. The summed E-state index contributed by atoms with van der Waals surface area (Å²) in [4.78, 5) is 25.6. The van der Waals surface area contributed by atoms with E-state index in [4.69, 9.17) is 5.11 Å². The van der Waals surface area contributed by atoms with E-state index in [1.54, 1.807) is 30.5 Å². The fraction of sp³-hybridized carbons (Fsp3) is 0.0833. The van der Waals surface area contributed by atoms with Gasteiger partial charge < -0.3 is 5.11 Å². The van der Waals surface area contributed by atoms with E-state index >= 15 is 0 Å². The summed E-state index contributed by atoms with van der Waals surface area (Å²) < 4.78 is 0. The van der Waals surface area contributed by atoms with Gasteiger partial charge in [-0.15, -0.1) is 0 Å². The predicted octanol–water partition coefficient (Wildman–Crippen LogP) is 1.43. The lowest BCUT2D eigenvalue weighted by Gasteiger charge is -2.00. The Balaban J connectivity index is 2.33. The van der Waals surface area contributed by atoms with Crippen molar-refractivity contribution < 1.29 is 14.7 Å². The molecule has 0 amide bonds. The van der Waals surface area contributed by atoms with E-state index in [1.807, 2.05) is 6.07 Å². The smallest absolute Gasteiger partial charge is 0.372 e. The highest BCUT2D eigenvalue weighted by Crippen LogP contribution is 2.13. The Morgan fingerprint density at radius 3 is 2.81 bits per heavy atom. The molecule has 0 fully saturated rings. The molecule has 0 aliphatic rings. The molecular weight excluding hydrogens is 206 g/mol. The first-order valence-electron chi connectivity index (χ1n) is 4.76. The van der Waals surface area contributed by atoms with Gasteiger partial charge in [-0.3, -0.25) is 9.78 Å². The molecule has 0 aliphatic carbocycles. The van der Waals surface area contributed by atoms with Gasteiger partial charge in [-0.05, 0) is 23.8 Å². The summed E-state index contributed by atoms with van der Waals surface area (Å²) >= 11 is 0. The normalized spacial score (nSPS) is 10.2. The van der Waals surface area contributed by atoms with Crippen LogP contribution in [-0.2, 0) is 16.0 Å². The summed E-state index contributed by atoms with van der Waals surface area (Å²) in [6.45, 7) is 0. The van der Waals surface area contributed by atoms with Crippen molar-refractivity contribution in [2.45, 2.75) is 6.42 Å². The standard InChI is InChI=1S/C12H9NO3/c14-11(12(15)16)7-8-3-4-10-9(6-8)2-1-5-13-10/h1-6H,7H2,(H,15,16). The number of Topliss-reactive ketones (excluding diaryl/α,β-unsaturated/α-hetero) is 1. The maximum absolute atomic E-state index is 11.0. The van der Waals surface area contributed by atoms with Crippen molar-refractivity contribution >= 4 is 22.7 Å². The van der Waals surface area contributed by atoms with E-state index in [-0.39, 0.29) is 6.42 Å². The zero-order valence-corrected chi connectivity index (χ0v) is 8.38. The largest absolute Gasteiger partial charge is 0.475 e. The summed E-state index contributed by atoms with van der Waals surface area (Å²) in [5, 5.41) is 9.40. The van der Waals surface area contributed by atoms with Gasteiger partial charge in [0.1, 0.15) is 0 Å². The number of fused-ring (bicyclic) bond motifs is 1. The molecule has 80 valence electrons. The first kappa shape index (κ1) is 10.3. The van der Waals surface area contributed by atoms with Crippen LogP contribution >= 0.6 is 0 Å². The first-order valence-corrected chi connectivity index (χ1v) is 4.76. The van der Waals surface area contributed by atoms with Gasteiger partial charge in [0.15, 0.2) is 0 Å². The summed E-state index contributed by atoms with van der Waals surface area (Å²) in [5.41, 5.74) is 1.52. The Labute approximate surface area is 91.5 Å². The highest BCUT2D eigenvalue weighted by atomic mass is 16.4. The topological polar surface area (TPSA) is 67.3 Å².